The van der Waals surface area contributed by atoms with Crippen LogP contribution in [-0.4, -0.2) is 11.1 Å². The largest absolute Gasteiger partial charge is 0.478 e. The normalized spacial score (nSPS) is 12.6. The van der Waals surface area contributed by atoms with Crippen LogP contribution in [0.15, 0.2) is 36.0 Å². The number of allylic oxidation sites excluding steroid dienone is 4. The van der Waals surface area contributed by atoms with Crippen LogP contribution in [0.25, 0.3) is 0 Å². The van der Waals surface area contributed by atoms with Crippen molar-refractivity contribution in [2.24, 2.45) is 0 Å². The highest BCUT2D eigenvalue weighted by molar-refractivity contribution is 5.90. The van der Waals surface area contributed by atoms with Crippen molar-refractivity contribution in [2.75, 3.05) is 0 Å². The molecule has 0 fully saturated rings. The predicted molar refractivity (Wildman–Crippen MR) is 91.5 cm³/mol. The van der Waals surface area contributed by atoms with Gasteiger partial charge < -0.3 is 5.11 Å². The number of carboxylic acids is 1. The molecule has 21 heavy (non-hydrogen) atoms. The SMILES string of the molecule is C/C=C/C=C(/C=C/CCCCCCCCCCC)C(=O)O. The van der Waals surface area contributed by atoms with E-state index in [-0.39, 0.29) is 0 Å². The van der Waals surface area contributed by atoms with Crippen molar-refractivity contribution in [3.8, 4) is 0 Å². The molecule has 0 unspecified atom stereocenters. The van der Waals surface area contributed by atoms with Crippen LogP contribution in [0.2, 0.25) is 0 Å². The monoisotopic (exact) mass is 292 g/mol. The molecular formula is C19H32O2. The second kappa shape index (κ2) is 15.1. The summed E-state index contributed by atoms with van der Waals surface area (Å²) < 4.78 is 0. The lowest BCUT2D eigenvalue weighted by molar-refractivity contribution is -0.132. The molecule has 0 aromatic rings. The topological polar surface area (TPSA) is 37.3 Å². The first-order chi connectivity index (χ1) is 10.2. The molecule has 0 amide bonds. The second-order valence-corrected chi connectivity index (χ2v) is 5.47. The van der Waals surface area contributed by atoms with Crippen LogP contribution in [0.4, 0.5) is 0 Å². The van der Waals surface area contributed by atoms with Gasteiger partial charge in [0.2, 0.25) is 0 Å². The third-order valence-corrected chi connectivity index (χ3v) is 3.49. The van der Waals surface area contributed by atoms with Gasteiger partial charge in [-0.2, -0.15) is 0 Å². The summed E-state index contributed by atoms with van der Waals surface area (Å²) in [6, 6.07) is 0. The Balaban J connectivity index is 3.61. The number of carboxylic acid groups (broad SMARTS) is 1. The van der Waals surface area contributed by atoms with Crippen molar-refractivity contribution >= 4 is 5.97 Å². The van der Waals surface area contributed by atoms with Crippen molar-refractivity contribution in [1.29, 1.82) is 0 Å². The summed E-state index contributed by atoms with van der Waals surface area (Å²) in [5, 5.41) is 9.01. The molecule has 0 atom stereocenters. The molecule has 0 radical (unpaired) electrons. The summed E-state index contributed by atoms with van der Waals surface area (Å²) in [6.45, 7) is 4.12. The standard InChI is InChI=1S/C19H32O2/c1-3-5-7-8-9-10-11-12-13-14-15-17-18(19(20)21)16-6-4-2/h4,6,15-17H,3,5,7-14H2,1-2H3,(H,20,21)/b6-4+,17-15+,18-16-. The highest BCUT2D eigenvalue weighted by atomic mass is 16.4. The minimum Gasteiger partial charge on any atom is -0.478 e. The van der Waals surface area contributed by atoms with E-state index in [4.69, 9.17) is 5.11 Å². The highest BCUT2D eigenvalue weighted by Gasteiger charge is 2.00. The maximum atomic E-state index is 11.0. The quantitative estimate of drug-likeness (QED) is 0.255. The summed E-state index contributed by atoms with van der Waals surface area (Å²) in [7, 11) is 0. The Bertz CT molecular complexity index is 337. The lowest BCUT2D eigenvalue weighted by Crippen LogP contribution is -1.96. The van der Waals surface area contributed by atoms with Crippen LogP contribution < -0.4 is 0 Å². The summed E-state index contributed by atoms with van der Waals surface area (Å²) in [6.07, 6.45) is 21.7. The summed E-state index contributed by atoms with van der Waals surface area (Å²) >= 11 is 0. The fourth-order valence-corrected chi connectivity index (χ4v) is 2.18. The Hall–Kier alpha value is -1.31. The average Bonchev–Trinajstić information content (AvgIpc) is 2.47. The fraction of sp³-hybridized carbons (Fsp3) is 0.632. The number of unbranched alkanes of at least 4 members (excludes halogenated alkanes) is 9. The van der Waals surface area contributed by atoms with E-state index in [9.17, 15) is 4.79 Å². The lowest BCUT2D eigenvalue weighted by Gasteiger charge is -2.00. The molecule has 0 aliphatic heterocycles. The van der Waals surface area contributed by atoms with E-state index in [1.807, 2.05) is 19.1 Å². The van der Waals surface area contributed by atoms with Gasteiger partial charge in [-0.05, 0) is 25.8 Å². The van der Waals surface area contributed by atoms with Gasteiger partial charge in [0, 0.05) is 0 Å². The molecule has 0 bridgehead atoms. The number of hydrogen-bond acceptors (Lipinski definition) is 1. The second-order valence-electron chi connectivity index (χ2n) is 5.47. The van der Waals surface area contributed by atoms with Gasteiger partial charge in [-0.15, -0.1) is 0 Å². The van der Waals surface area contributed by atoms with Gasteiger partial charge in [0.1, 0.15) is 0 Å². The molecule has 0 aromatic heterocycles. The number of hydrogen-bond donors (Lipinski definition) is 1. The smallest absolute Gasteiger partial charge is 0.335 e. The van der Waals surface area contributed by atoms with Crippen molar-refractivity contribution in [1.82, 2.24) is 0 Å². The molecule has 2 heteroatoms. The van der Waals surface area contributed by atoms with E-state index in [2.05, 4.69) is 6.92 Å². The van der Waals surface area contributed by atoms with Crippen LogP contribution in [-0.2, 0) is 4.79 Å². The van der Waals surface area contributed by atoms with Gasteiger partial charge >= 0.3 is 5.97 Å². The zero-order chi connectivity index (χ0) is 15.8. The van der Waals surface area contributed by atoms with Crippen LogP contribution in [0, 0.1) is 0 Å². The van der Waals surface area contributed by atoms with Gasteiger partial charge in [-0.25, -0.2) is 4.79 Å². The van der Waals surface area contributed by atoms with E-state index in [0.29, 0.717) is 5.57 Å². The van der Waals surface area contributed by atoms with Crippen molar-refractivity contribution in [2.45, 2.75) is 78.1 Å². The van der Waals surface area contributed by atoms with Gasteiger partial charge in [-0.3, -0.25) is 0 Å². The average molecular weight is 292 g/mol. The minimum atomic E-state index is -0.864. The van der Waals surface area contributed by atoms with Gasteiger partial charge in [-0.1, -0.05) is 82.6 Å². The molecule has 120 valence electrons. The zero-order valence-corrected chi connectivity index (χ0v) is 13.8. The fourth-order valence-electron chi connectivity index (χ4n) is 2.18. The molecule has 0 aromatic carbocycles. The summed E-state index contributed by atoms with van der Waals surface area (Å²) in [4.78, 5) is 11.0. The van der Waals surface area contributed by atoms with Crippen LogP contribution >= 0.6 is 0 Å². The first-order valence-electron chi connectivity index (χ1n) is 8.45. The molecule has 0 heterocycles. The number of carbonyl (C=O) groups is 1. The van der Waals surface area contributed by atoms with Crippen molar-refractivity contribution in [3.05, 3.63) is 36.0 Å². The van der Waals surface area contributed by atoms with E-state index >= 15 is 0 Å². The Labute approximate surface area is 130 Å². The van der Waals surface area contributed by atoms with E-state index < -0.39 is 5.97 Å². The Kier molecular flexibility index (Phi) is 14.1. The summed E-state index contributed by atoms with van der Waals surface area (Å²) in [5.41, 5.74) is 0.351. The predicted octanol–water partition coefficient (Wildman–Crippen LogP) is 6.05. The minimum absolute atomic E-state index is 0.351. The van der Waals surface area contributed by atoms with Crippen LogP contribution in [0.3, 0.4) is 0 Å². The Morgan fingerprint density at radius 1 is 0.952 bits per heavy atom. The Morgan fingerprint density at radius 2 is 1.52 bits per heavy atom. The zero-order valence-electron chi connectivity index (χ0n) is 13.8. The van der Waals surface area contributed by atoms with E-state index in [1.165, 1.54) is 51.4 Å². The van der Waals surface area contributed by atoms with E-state index in [0.717, 1.165) is 12.8 Å². The molecule has 0 aliphatic rings. The van der Waals surface area contributed by atoms with Crippen molar-refractivity contribution < 1.29 is 9.90 Å². The molecule has 0 saturated heterocycles. The van der Waals surface area contributed by atoms with Gasteiger partial charge in [0.15, 0.2) is 0 Å². The maximum Gasteiger partial charge on any atom is 0.335 e. The molecule has 0 rings (SSSR count). The van der Waals surface area contributed by atoms with Gasteiger partial charge in [0.05, 0.1) is 5.57 Å². The third-order valence-electron chi connectivity index (χ3n) is 3.49. The van der Waals surface area contributed by atoms with E-state index in [1.54, 1.807) is 18.2 Å². The lowest BCUT2D eigenvalue weighted by atomic mass is 10.1. The summed E-state index contributed by atoms with van der Waals surface area (Å²) in [5.74, 6) is -0.864. The maximum absolute atomic E-state index is 11.0. The highest BCUT2D eigenvalue weighted by Crippen LogP contribution is 2.11. The molecule has 1 N–H and O–H groups in total. The molecule has 0 saturated carbocycles. The third kappa shape index (κ3) is 13.4. The molecule has 0 aliphatic carbocycles. The number of rotatable bonds is 13. The molecule has 2 nitrogen and oxygen atoms in total. The first kappa shape index (κ1) is 19.7. The molecule has 0 spiro atoms. The number of aliphatic carboxylic acids is 1. The van der Waals surface area contributed by atoms with Crippen LogP contribution in [0.1, 0.15) is 78.1 Å². The van der Waals surface area contributed by atoms with Crippen molar-refractivity contribution in [3.63, 3.8) is 0 Å². The van der Waals surface area contributed by atoms with Gasteiger partial charge in [0.25, 0.3) is 0 Å². The molecular weight excluding hydrogens is 260 g/mol. The first-order valence-corrected chi connectivity index (χ1v) is 8.45. The van der Waals surface area contributed by atoms with Crippen LogP contribution in [0.5, 0.6) is 0 Å². The Morgan fingerprint density at radius 3 is 2.05 bits per heavy atom.